The molecule has 6 nitrogen and oxygen atoms in total. The molecule has 0 unspecified atom stereocenters. The van der Waals surface area contributed by atoms with Gasteiger partial charge in [-0.1, -0.05) is 11.3 Å². The molecule has 1 aromatic heterocycles. The van der Waals surface area contributed by atoms with Gasteiger partial charge >= 0.3 is 5.00 Å². The van der Waals surface area contributed by atoms with E-state index in [1.807, 2.05) is 6.92 Å². The number of piperazine rings is 1. The molecule has 1 N–H and O–H groups in total. The van der Waals surface area contributed by atoms with Crippen LogP contribution < -0.4 is 5.32 Å². The summed E-state index contributed by atoms with van der Waals surface area (Å²) in [4.78, 5) is 24.3. The SMILES string of the molecule is C[C@H]1CN(C(=O)c2ccc([N+](=O)[O-])s2)CCN1.Cl. The Hall–Kier alpha value is -1.18. The van der Waals surface area contributed by atoms with Gasteiger partial charge in [-0.2, -0.15) is 0 Å². The molecule has 0 spiro atoms. The summed E-state index contributed by atoms with van der Waals surface area (Å²) < 4.78 is 0. The van der Waals surface area contributed by atoms with E-state index >= 15 is 0 Å². The zero-order chi connectivity index (χ0) is 12.4. The normalized spacial score (nSPS) is 19.2. The summed E-state index contributed by atoms with van der Waals surface area (Å²) in [6, 6.07) is 3.17. The number of nitrogens with zero attached hydrogens (tertiary/aromatic N) is 2. The molecule has 1 fully saturated rings. The van der Waals surface area contributed by atoms with E-state index in [9.17, 15) is 14.9 Å². The Morgan fingerprint density at radius 2 is 2.33 bits per heavy atom. The quantitative estimate of drug-likeness (QED) is 0.662. The van der Waals surface area contributed by atoms with Gasteiger partial charge in [-0.05, 0) is 13.0 Å². The number of hydrogen-bond donors (Lipinski definition) is 1. The Labute approximate surface area is 115 Å². The number of carbonyl (C=O) groups is 1. The Balaban J connectivity index is 0.00000162. The second-order valence-electron chi connectivity index (χ2n) is 4.00. The van der Waals surface area contributed by atoms with Gasteiger partial charge in [0.1, 0.15) is 0 Å². The number of thiophene rings is 1. The first-order chi connectivity index (χ1) is 8.08. The summed E-state index contributed by atoms with van der Waals surface area (Å²) in [5, 5.41) is 13.8. The molecule has 1 aromatic rings. The fourth-order valence-electron chi connectivity index (χ4n) is 1.81. The van der Waals surface area contributed by atoms with Gasteiger partial charge in [0.25, 0.3) is 5.91 Å². The molecule has 0 aromatic carbocycles. The van der Waals surface area contributed by atoms with Crippen molar-refractivity contribution in [3.8, 4) is 0 Å². The lowest BCUT2D eigenvalue weighted by atomic mass is 10.2. The van der Waals surface area contributed by atoms with Crippen LogP contribution in [0, 0.1) is 10.1 Å². The van der Waals surface area contributed by atoms with Crippen molar-refractivity contribution in [3.05, 3.63) is 27.1 Å². The smallest absolute Gasteiger partial charge is 0.324 e. The van der Waals surface area contributed by atoms with Crippen molar-refractivity contribution in [2.24, 2.45) is 0 Å². The minimum atomic E-state index is -0.470. The molecule has 1 atom stereocenters. The maximum absolute atomic E-state index is 12.1. The van der Waals surface area contributed by atoms with Crippen LogP contribution in [-0.2, 0) is 0 Å². The molecule has 0 saturated carbocycles. The molecular formula is C10H14ClN3O3S. The van der Waals surface area contributed by atoms with Gasteiger partial charge in [-0.15, -0.1) is 12.4 Å². The summed E-state index contributed by atoms with van der Waals surface area (Å²) in [7, 11) is 0. The van der Waals surface area contributed by atoms with Crippen LogP contribution in [0.1, 0.15) is 16.6 Å². The maximum atomic E-state index is 12.1. The van der Waals surface area contributed by atoms with Crippen LogP contribution >= 0.6 is 23.7 Å². The molecule has 0 bridgehead atoms. The second-order valence-corrected chi connectivity index (χ2v) is 5.06. The highest BCUT2D eigenvalue weighted by molar-refractivity contribution is 7.17. The summed E-state index contributed by atoms with van der Waals surface area (Å²) in [6.45, 7) is 4.07. The monoisotopic (exact) mass is 291 g/mol. The lowest BCUT2D eigenvalue weighted by Gasteiger charge is -2.31. The predicted molar refractivity (Wildman–Crippen MR) is 71.6 cm³/mol. The van der Waals surface area contributed by atoms with Gasteiger partial charge in [0.05, 0.1) is 9.80 Å². The van der Waals surface area contributed by atoms with E-state index < -0.39 is 4.92 Å². The number of nitro groups is 1. The van der Waals surface area contributed by atoms with Crippen molar-refractivity contribution < 1.29 is 9.72 Å². The molecule has 1 aliphatic rings. The summed E-state index contributed by atoms with van der Waals surface area (Å²) in [6.07, 6.45) is 0. The molecular weight excluding hydrogens is 278 g/mol. The van der Waals surface area contributed by atoms with E-state index in [-0.39, 0.29) is 29.4 Å². The zero-order valence-corrected chi connectivity index (χ0v) is 11.4. The molecule has 0 aliphatic carbocycles. The first-order valence-corrected chi connectivity index (χ1v) is 6.16. The first kappa shape index (κ1) is 14.9. The van der Waals surface area contributed by atoms with Crippen LogP contribution in [0.2, 0.25) is 0 Å². The summed E-state index contributed by atoms with van der Waals surface area (Å²) in [5.41, 5.74) is 0. The Bertz CT molecular complexity index is 451. The highest BCUT2D eigenvalue weighted by atomic mass is 35.5. The van der Waals surface area contributed by atoms with Crippen molar-refractivity contribution in [3.63, 3.8) is 0 Å². The fourth-order valence-corrected chi connectivity index (χ4v) is 2.60. The number of carbonyl (C=O) groups excluding carboxylic acids is 1. The average molecular weight is 292 g/mol. The van der Waals surface area contributed by atoms with Crippen LogP contribution in [0.15, 0.2) is 12.1 Å². The van der Waals surface area contributed by atoms with Gasteiger partial charge in [-0.3, -0.25) is 14.9 Å². The topological polar surface area (TPSA) is 75.5 Å². The summed E-state index contributed by atoms with van der Waals surface area (Å²) in [5.74, 6) is -0.114. The Morgan fingerprint density at radius 3 is 2.89 bits per heavy atom. The number of halogens is 1. The molecule has 1 aliphatic heterocycles. The van der Waals surface area contributed by atoms with Crippen molar-refractivity contribution in [2.75, 3.05) is 19.6 Å². The van der Waals surface area contributed by atoms with Gasteiger partial charge in [-0.25, -0.2) is 0 Å². The van der Waals surface area contributed by atoms with Crippen LogP contribution in [-0.4, -0.2) is 41.4 Å². The fraction of sp³-hybridized carbons (Fsp3) is 0.500. The molecule has 18 heavy (non-hydrogen) atoms. The van der Waals surface area contributed by atoms with Crippen molar-refractivity contribution in [1.29, 1.82) is 0 Å². The van der Waals surface area contributed by atoms with E-state index in [2.05, 4.69) is 5.32 Å². The molecule has 2 heterocycles. The van der Waals surface area contributed by atoms with Crippen molar-refractivity contribution in [1.82, 2.24) is 10.2 Å². The molecule has 2 rings (SSSR count). The van der Waals surface area contributed by atoms with E-state index in [0.717, 1.165) is 17.9 Å². The van der Waals surface area contributed by atoms with E-state index in [1.54, 1.807) is 4.90 Å². The average Bonchev–Trinajstić information content (AvgIpc) is 2.77. The minimum Gasteiger partial charge on any atom is -0.335 e. The Morgan fingerprint density at radius 1 is 1.61 bits per heavy atom. The second kappa shape index (κ2) is 6.12. The van der Waals surface area contributed by atoms with Crippen LogP contribution in [0.3, 0.4) is 0 Å². The van der Waals surface area contributed by atoms with Crippen LogP contribution in [0.4, 0.5) is 5.00 Å². The molecule has 1 saturated heterocycles. The minimum absolute atomic E-state index is 0. The lowest BCUT2D eigenvalue weighted by molar-refractivity contribution is -0.380. The highest BCUT2D eigenvalue weighted by Gasteiger charge is 2.24. The van der Waals surface area contributed by atoms with Crippen molar-refractivity contribution >= 4 is 34.7 Å². The molecule has 100 valence electrons. The van der Waals surface area contributed by atoms with Gasteiger partial charge < -0.3 is 10.2 Å². The number of amides is 1. The lowest BCUT2D eigenvalue weighted by Crippen LogP contribution is -2.51. The third-order valence-corrected chi connectivity index (χ3v) is 3.66. The van der Waals surface area contributed by atoms with E-state index in [1.165, 1.54) is 12.1 Å². The third kappa shape index (κ3) is 3.18. The van der Waals surface area contributed by atoms with Gasteiger partial charge in [0.15, 0.2) is 0 Å². The molecule has 8 heteroatoms. The summed E-state index contributed by atoms with van der Waals surface area (Å²) >= 11 is 0.933. The zero-order valence-electron chi connectivity index (χ0n) is 9.79. The highest BCUT2D eigenvalue weighted by Crippen LogP contribution is 2.25. The van der Waals surface area contributed by atoms with Gasteiger partial charge in [0, 0.05) is 31.7 Å². The number of nitrogens with one attached hydrogen (secondary N) is 1. The van der Waals surface area contributed by atoms with E-state index in [4.69, 9.17) is 0 Å². The molecule has 0 radical (unpaired) electrons. The number of rotatable bonds is 2. The van der Waals surface area contributed by atoms with Gasteiger partial charge in [0.2, 0.25) is 0 Å². The maximum Gasteiger partial charge on any atom is 0.324 e. The third-order valence-electron chi connectivity index (χ3n) is 2.64. The van der Waals surface area contributed by atoms with Crippen LogP contribution in [0.25, 0.3) is 0 Å². The molecule has 1 amide bonds. The standard InChI is InChI=1S/C10H13N3O3S.ClH/c1-7-6-12(5-4-11-7)10(14)8-2-3-9(17-8)13(15)16;/h2-3,7,11H,4-6H2,1H3;1H/t7-;/m0./s1. The first-order valence-electron chi connectivity index (χ1n) is 5.35. The van der Waals surface area contributed by atoms with E-state index in [0.29, 0.717) is 18.0 Å². The van der Waals surface area contributed by atoms with Crippen LogP contribution in [0.5, 0.6) is 0 Å². The largest absolute Gasteiger partial charge is 0.335 e. The number of hydrogen-bond acceptors (Lipinski definition) is 5. The van der Waals surface area contributed by atoms with Crippen molar-refractivity contribution in [2.45, 2.75) is 13.0 Å². The predicted octanol–water partition coefficient (Wildman–Crippen LogP) is 1.51. The Kier molecular flexibility index (Phi) is 5.06.